The zero-order valence-electron chi connectivity index (χ0n) is 9.19. The summed E-state index contributed by atoms with van der Waals surface area (Å²) < 4.78 is 0. The van der Waals surface area contributed by atoms with Crippen LogP contribution in [-0.4, -0.2) is 42.0 Å². The molecule has 0 bridgehead atoms. The van der Waals surface area contributed by atoms with Crippen LogP contribution < -0.4 is 10.9 Å². The summed E-state index contributed by atoms with van der Waals surface area (Å²) in [5.74, 6) is -0.175. The predicted octanol–water partition coefficient (Wildman–Crippen LogP) is -0.191. The first-order valence-corrected chi connectivity index (χ1v) is 5.33. The molecule has 1 aromatic rings. The van der Waals surface area contributed by atoms with Gasteiger partial charge in [0.15, 0.2) is 0 Å². The number of hydrogen-bond acceptors (Lipinski definition) is 3. The number of rotatable bonds is 2. The SMILES string of the molecule is CN1CCC(NC(=O)c2cc[nH]c(=O)c2)C1. The topological polar surface area (TPSA) is 65.2 Å². The van der Waals surface area contributed by atoms with Crippen molar-refractivity contribution in [1.29, 1.82) is 0 Å². The predicted molar refractivity (Wildman–Crippen MR) is 60.4 cm³/mol. The quantitative estimate of drug-likeness (QED) is 0.727. The van der Waals surface area contributed by atoms with E-state index in [4.69, 9.17) is 0 Å². The molecule has 0 saturated carbocycles. The lowest BCUT2D eigenvalue weighted by molar-refractivity contribution is 0.0938. The minimum absolute atomic E-state index is 0.175. The highest BCUT2D eigenvalue weighted by Crippen LogP contribution is 2.07. The average molecular weight is 221 g/mol. The molecule has 5 nitrogen and oxygen atoms in total. The van der Waals surface area contributed by atoms with Gasteiger partial charge in [-0.3, -0.25) is 9.59 Å². The van der Waals surface area contributed by atoms with Gasteiger partial charge in [0.2, 0.25) is 5.56 Å². The molecule has 86 valence electrons. The molecule has 1 atom stereocenters. The Bertz CT molecular complexity index is 441. The van der Waals surface area contributed by atoms with E-state index in [1.54, 1.807) is 6.07 Å². The molecule has 2 heterocycles. The van der Waals surface area contributed by atoms with Gasteiger partial charge in [-0.05, 0) is 26.1 Å². The third kappa shape index (κ3) is 2.49. The summed E-state index contributed by atoms with van der Waals surface area (Å²) in [6.45, 7) is 1.87. The van der Waals surface area contributed by atoms with E-state index >= 15 is 0 Å². The fourth-order valence-electron chi connectivity index (χ4n) is 1.91. The number of carbonyl (C=O) groups is 1. The number of likely N-dealkylation sites (tertiary alicyclic amines) is 1. The van der Waals surface area contributed by atoms with Crippen LogP contribution >= 0.6 is 0 Å². The molecule has 1 fully saturated rings. The summed E-state index contributed by atoms with van der Waals surface area (Å²) in [6, 6.07) is 3.11. The summed E-state index contributed by atoms with van der Waals surface area (Å²) in [5, 5.41) is 2.92. The summed E-state index contributed by atoms with van der Waals surface area (Å²) in [4.78, 5) is 27.5. The van der Waals surface area contributed by atoms with Crippen molar-refractivity contribution < 1.29 is 4.79 Å². The average Bonchev–Trinajstić information content (AvgIpc) is 2.64. The number of pyridine rings is 1. The first-order valence-electron chi connectivity index (χ1n) is 5.33. The Morgan fingerprint density at radius 3 is 3.06 bits per heavy atom. The first-order chi connectivity index (χ1) is 7.65. The highest BCUT2D eigenvalue weighted by molar-refractivity contribution is 5.94. The van der Waals surface area contributed by atoms with E-state index < -0.39 is 0 Å². The van der Waals surface area contributed by atoms with Crippen molar-refractivity contribution >= 4 is 5.91 Å². The number of carbonyl (C=O) groups excluding carboxylic acids is 1. The Balaban J connectivity index is 2.01. The maximum atomic E-state index is 11.8. The highest BCUT2D eigenvalue weighted by Gasteiger charge is 2.21. The van der Waals surface area contributed by atoms with E-state index in [0.29, 0.717) is 5.56 Å². The number of hydrogen-bond donors (Lipinski definition) is 2. The number of H-pyrrole nitrogens is 1. The number of likely N-dealkylation sites (N-methyl/N-ethyl adjacent to an activating group) is 1. The Morgan fingerprint density at radius 1 is 1.62 bits per heavy atom. The monoisotopic (exact) mass is 221 g/mol. The molecule has 5 heteroatoms. The summed E-state index contributed by atoms with van der Waals surface area (Å²) in [5.41, 5.74) is 0.162. The van der Waals surface area contributed by atoms with Crippen LogP contribution in [0.3, 0.4) is 0 Å². The van der Waals surface area contributed by atoms with Gasteiger partial charge in [-0.1, -0.05) is 0 Å². The number of aromatic nitrogens is 1. The van der Waals surface area contributed by atoms with Gasteiger partial charge in [-0.2, -0.15) is 0 Å². The molecule has 1 aromatic heterocycles. The third-order valence-corrected chi connectivity index (χ3v) is 2.76. The fourth-order valence-corrected chi connectivity index (χ4v) is 1.91. The Morgan fingerprint density at radius 2 is 2.44 bits per heavy atom. The highest BCUT2D eigenvalue weighted by atomic mass is 16.2. The van der Waals surface area contributed by atoms with Crippen LogP contribution in [-0.2, 0) is 0 Å². The van der Waals surface area contributed by atoms with Gasteiger partial charge in [0.25, 0.3) is 5.91 Å². The van der Waals surface area contributed by atoms with Crippen LogP contribution in [0.2, 0.25) is 0 Å². The van der Waals surface area contributed by atoms with Gasteiger partial charge in [0, 0.05) is 30.4 Å². The molecular formula is C11H15N3O2. The van der Waals surface area contributed by atoms with Crippen LogP contribution in [0.15, 0.2) is 23.1 Å². The van der Waals surface area contributed by atoms with Crippen molar-refractivity contribution in [3.05, 3.63) is 34.2 Å². The minimum atomic E-state index is -0.254. The number of aromatic amines is 1. The van der Waals surface area contributed by atoms with E-state index in [1.165, 1.54) is 12.3 Å². The minimum Gasteiger partial charge on any atom is -0.348 e. The lowest BCUT2D eigenvalue weighted by atomic mass is 10.2. The maximum absolute atomic E-state index is 11.8. The lowest BCUT2D eigenvalue weighted by Crippen LogP contribution is -2.36. The van der Waals surface area contributed by atoms with Gasteiger partial charge in [-0.25, -0.2) is 0 Å². The van der Waals surface area contributed by atoms with Crippen LogP contribution in [0.4, 0.5) is 0 Å². The molecule has 1 saturated heterocycles. The van der Waals surface area contributed by atoms with Crippen molar-refractivity contribution in [2.75, 3.05) is 20.1 Å². The van der Waals surface area contributed by atoms with E-state index in [0.717, 1.165) is 19.5 Å². The summed E-state index contributed by atoms with van der Waals surface area (Å²) in [6.07, 6.45) is 2.45. The molecule has 0 aromatic carbocycles. The second-order valence-electron chi connectivity index (χ2n) is 4.16. The van der Waals surface area contributed by atoms with Crippen molar-refractivity contribution in [3.63, 3.8) is 0 Å². The van der Waals surface area contributed by atoms with E-state index in [-0.39, 0.29) is 17.5 Å². The molecular weight excluding hydrogens is 206 g/mol. The second-order valence-corrected chi connectivity index (χ2v) is 4.16. The summed E-state index contributed by atoms with van der Waals surface area (Å²) >= 11 is 0. The van der Waals surface area contributed by atoms with Crippen molar-refractivity contribution in [3.8, 4) is 0 Å². The van der Waals surface area contributed by atoms with Gasteiger partial charge >= 0.3 is 0 Å². The smallest absolute Gasteiger partial charge is 0.251 e. The molecule has 1 aliphatic heterocycles. The van der Waals surface area contributed by atoms with Crippen molar-refractivity contribution in [2.45, 2.75) is 12.5 Å². The molecule has 1 amide bonds. The van der Waals surface area contributed by atoms with Gasteiger partial charge in [0.05, 0.1) is 0 Å². The first kappa shape index (κ1) is 10.9. The fraction of sp³-hybridized carbons (Fsp3) is 0.455. The molecule has 1 unspecified atom stereocenters. The standard InChI is InChI=1S/C11H15N3O2/c1-14-5-3-9(7-14)13-11(16)8-2-4-12-10(15)6-8/h2,4,6,9H,3,5,7H2,1H3,(H,12,15)(H,13,16). The van der Waals surface area contributed by atoms with Gasteiger partial charge in [0.1, 0.15) is 0 Å². The lowest BCUT2D eigenvalue weighted by Gasteiger charge is -2.12. The second kappa shape index (κ2) is 4.49. The third-order valence-electron chi connectivity index (χ3n) is 2.76. The number of amides is 1. The van der Waals surface area contributed by atoms with Crippen LogP contribution in [0.1, 0.15) is 16.8 Å². The number of nitrogens with zero attached hydrogens (tertiary/aromatic N) is 1. The molecule has 2 rings (SSSR count). The largest absolute Gasteiger partial charge is 0.348 e. The van der Waals surface area contributed by atoms with Crippen molar-refractivity contribution in [2.24, 2.45) is 0 Å². The normalized spacial score (nSPS) is 20.9. The molecule has 1 aliphatic rings. The molecule has 2 N–H and O–H groups in total. The van der Waals surface area contributed by atoms with Crippen molar-refractivity contribution in [1.82, 2.24) is 15.2 Å². The van der Waals surface area contributed by atoms with Gasteiger partial charge in [-0.15, -0.1) is 0 Å². The zero-order valence-corrected chi connectivity index (χ0v) is 9.19. The molecule has 0 aliphatic carbocycles. The van der Waals surface area contributed by atoms with E-state index in [9.17, 15) is 9.59 Å². The van der Waals surface area contributed by atoms with Crippen LogP contribution in [0, 0.1) is 0 Å². The summed E-state index contributed by atoms with van der Waals surface area (Å²) in [7, 11) is 2.03. The van der Waals surface area contributed by atoms with Crippen LogP contribution in [0.25, 0.3) is 0 Å². The molecule has 0 radical (unpaired) electrons. The Hall–Kier alpha value is -1.62. The van der Waals surface area contributed by atoms with Crippen LogP contribution in [0.5, 0.6) is 0 Å². The van der Waals surface area contributed by atoms with E-state index in [1.807, 2.05) is 7.05 Å². The molecule has 16 heavy (non-hydrogen) atoms. The maximum Gasteiger partial charge on any atom is 0.251 e. The zero-order chi connectivity index (χ0) is 11.5. The Kier molecular flexibility index (Phi) is 3.05. The Labute approximate surface area is 93.5 Å². The van der Waals surface area contributed by atoms with E-state index in [2.05, 4.69) is 15.2 Å². The van der Waals surface area contributed by atoms with Gasteiger partial charge < -0.3 is 15.2 Å². The number of nitrogens with one attached hydrogen (secondary N) is 2. The molecule has 0 spiro atoms.